The number of hydrogen-bond acceptors (Lipinski definition) is 3. The summed E-state index contributed by atoms with van der Waals surface area (Å²) in [6.07, 6.45) is 1.28. The number of nitrogens with zero attached hydrogens (tertiary/aromatic N) is 1. The number of rotatable bonds is 4. The van der Waals surface area contributed by atoms with Crippen LogP contribution < -0.4 is 5.73 Å². The lowest BCUT2D eigenvalue weighted by atomic mass is 9.99. The first-order valence-electron chi connectivity index (χ1n) is 6.90. The Hall–Kier alpha value is -1.16. The molecule has 0 radical (unpaired) electrons. The van der Waals surface area contributed by atoms with Crippen LogP contribution in [0.3, 0.4) is 0 Å². The van der Waals surface area contributed by atoms with E-state index in [4.69, 9.17) is 5.73 Å². The fraction of sp³-hybridized carbons (Fsp3) is 0.375. The minimum atomic E-state index is 0.664. The van der Waals surface area contributed by atoms with Gasteiger partial charge in [0.25, 0.3) is 0 Å². The molecule has 3 heteroatoms. The molecule has 1 atom stereocenters. The SMILES string of the molecule is NCc1ccc(CN2CCC(c3ccccc3)C2)s1. The van der Waals surface area contributed by atoms with Gasteiger partial charge in [0.15, 0.2) is 0 Å². The smallest absolute Gasteiger partial charge is 0.0328 e. The lowest BCUT2D eigenvalue weighted by Gasteiger charge is -2.15. The number of nitrogens with two attached hydrogens (primary N) is 1. The van der Waals surface area contributed by atoms with Crippen molar-refractivity contribution in [2.45, 2.75) is 25.4 Å². The quantitative estimate of drug-likeness (QED) is 0.926. The molecule has 0 amide bonds. The van der Waals surface area contributed by atoms with Crippen LogP contribution >= 0.6 is 11.3 Å². The van der Waals surface area contributed by atoms with Crippen LogP contribution in [0.2, 0.25) is 0 Å². The van der Waals surface area contributed by atoms with Crippen LogP contribution in [-0.4, -0.2) is 18.0 Å². The van der Waals surface area contributed by atoms with Crippen molar-refractivity contribution in [3.63, 3.8) is 0 Å². The van der Waals surface area contributed by atoms with Gasteiger partial charge in [-0.05, 0) is 36.6 Å². The lowest BCUT2D eigenvalue weighted by Crippen LogP contribution is -2.19. The van der Waals surface area contributed by atoms with Gasteiger partial charge in [-0.15, -0.1) is 11.3 Å². The first-order valence-corrected chi connectivity index (χ1v) is 7.72. The molecule has 2 heterocycles. The second-order valence-corrected chi connectivity index (χ2v) is 6.46. The lowest BCUT2D eigenvalue weighted by molar-refractivity contribution is 0.330. The predicted molar refractivity (Wildman–Crippen MR) is 81.3 cm³/mol. The van der Waals surface area contributed by atoms with E-state index >= 15 is 0 Å². The van der Waals surface area contributed by atoms with Crippen LogP contribution in [0.25, 0.3) is 0 Å². The molecule has 1 aliphatic rings. The summed E-state index contributed by atoms with van der Waals surface area (Å²) in [6.45, 7) is 4.13. The van der Waals surface area contributed by atoms with Crippen molar-refractivity contribution >= 4 is 11.3 Å². The van der Waals surface area contributed by atoms with Crippen LogP contribution in [0, 0.1) is 0 Å². The van der Waals surface area contributed by atoms with Gasteiger partial charge < -0.3 is 5.73 Å². The minimum absolute atomic E-state index is 0.664. The van der Waals surface area contributed by atoms with Crippen molar-refractivity contribution < 1.29 is 0 Å². The Morgan fingerprint density at radius 3 is 2.63 bits per heavy atom. The van der Waals surface area contributed by atoms with Crippen LogP contribution in [-0.2, 0) is 13.1 Å². The molecule has 0 saturated carbocycles. The van der Waals surface area contributed by atoms with Gasteiger partial charge >= 0.3 is 0 Å². The second kappa shape index (κ2) is 5.87. The molecule has 19 heavy (non-hydrogen) atoms. The van der Waals surface area contributed by atoms with Crippen molar-refractivity contribution in [2.75, 3.05) is 13.1 Å². The number of thiophene rings is 1. The fourth-order valence-corrected chi connectivity index (χ4v) is 3.75. The maximum atomic E-state index is 5.67. The Balaban J connectivity index is 1.60. The average Bonchev–Trinajstić information content (AvgIpc) is 3.09. The fourth-order valence-electron chi connectivity index (χ4n) is 2.81. The maximum Gasteiger partial charge on any atom is 0.0328 e. The molecule has 2 nitrogen and oxygen atoms in total. The van der Waals surface area contributed by atoms with Crippen LogP contribution in [0.4, 0.5) is 0 Å². The predicted octanol–water partition coefficient (Wildman–Crippen LogP) is 3.20. The van der Waals surface area contributed by atoms with Gasteiger partial charge in [0.1, 0.15) is 0 Å². The maximum absolute atomic E-state index is 5.67. The van der Waals surface area contributed by atoms with Crippen molar-refractivity contribution in [3.05, 3.63) is 57.8 Å². The Bertz CT molecular complexity index is 521. The highest BCUT2D eigenvalue weighted by Crippen LogP contribution is 2.29. The highest BCUT2D eigenvalue weighted by atomic mass is 32.1. The number of benzene rings is 1. The molecular formula is C16H20N2S. The minimum Gasteiger partial charge on any atom is -0.326 e. The summed E-state index contributed by atoms with van der Waals surface area (Å²) in [5, 5.41) is 0. The number of hydrogen-bond donors (Lipinski definition) is 1. The molecule has 2 N–H and O–H groups in total. The van der Waals surface area contributed by atoms with E-state index in [9.17, 15) is 0 Å². The van der Waals surface area contributed by atoms with E-state index in [-0.39, 0.29) is 0 Å². The Morgan fingerprint density at radius 1 is 1.11 bits per heavy atom. The van der Waals surface area contributed by atoms with E-state index in [2.05, 4.69) is 47.4 Å². The van der Waals surface area contributed by atoms with Crippen LogP contribution in [0.5, 0.6) is 0 Å². The molecule has 2 aromatic rings. The average molecular weight is 272 g/mol. The van der Waals surface area contributed by atoms with E-state index in [1.54, 1.807) is 0 Å². The molecule has 1 aromatic carbocycles. The molecule has 1 unspecified atom stereocenters. The van der Waals surface area contributed by atoms with Crippen LogP contribution in [0.15, 0.2) is 42.5 Å². The number of likely N-dealkylation sites (tertiary alicyclic amines) is 1. The third-order valence-electron chi connectivity index (χ3n) is 3.84. The molecule has 100 valence electrons. The zero-order valence-corrected chi connectivity index (χ0v) is 11.9. The third-order valence-corrected chi connectivity index (χ3v) is 4.93. The van der Waals surface area contributed by atoms with Crippen molar-refractivity contribution in [1.82, 2.24) is 4.90 Å². The van der Waals surface area contributed by atoms with Gasteiger partial charge in [-0.3, -0.25) is 4.90 Å². The molecular weight excluding hydrogens is 252 g/mol. The topological polar surface area (TPSA) is 29.3 Å². The monoisotopic (exact) mass is 272 g/mol. The first kappa shape index (κ1) is 12.9. The molecule has 1 fully saturated rings. The summed E-state index contributed by atoms with van der Waals surface area (Å²) in [5.41, 5.74) is 7.15. The zero-order valence-electron chi connectivity index (χ0n) is 11.1. The molecule has 1 saturated heterocycles. The van der Waals surface area contributed by atoms with Crippen LogP contribution in [0.1, 0.15) is 27.7 Å². The summed E-state index contributed by atoms with van der Waals surface area (Å²) in [7, 11) is 0. The van der Waals surface area contributed by atoms with Gasteiger partial charge in [0.2, 0.25) is 0 Å². The third kappa shape index (κ3) is 3.06. The highest BCUT2D eigenvalue weighted by Gasteiger charge is 2.23. The summed E-state index contributed by atoms with van der Waals surface area (Å²) < 4.78 is 0. The van der Waals surface area contributed by atoms with E-state index < -0.39 is 0 Å². The Labute approximate surface area is 118 Å². The van der Waals surface area contributed by atoms with E-state index in [1.807, 2.05) is 11.3 Å². The normalized spacial score (nSPS) is 19.9. The Morgan fingerprint density at radius 2 is 1.89 bits per heavy atom. The van der Waals surface area contributed by atoms with Gasteiger partial charge in [-0.2, -0.15) is 0 Å². The Kier molecular flexibility index (Phi) is 3.97. The standard InChI is InChI=1S/C16H20N2S/c17-10-15-6-7-16(19-15)12-18-9-8-14(11-18)13-4-2-1-3-5-13/h1-7,14H,8-12,17H2. The first-order chi connectivity index (χ1) is 9.35. The van der Waals surface area contributed by atoms with E-state index in [0.29, 0.717) is 12.5 Å². The summed E-state index contributed by atoms with van der Waals surface area (Å²) in [6, 6.07) is 15.3. The molecule has 0 aliphatic carbocycles. The highest BCUT2D eigenvalue weighted by molar-refractivity contribution is 7.11. The van der Waals surface area contributed by atoms with Gasteiger partial charge in [0, 0.05) is 29.4 Å². The van der Waals surface area contributed by atoms with Gasteiger partial charge in [-0.25, -0.2) is 0 Å². The van der Waals surface area contributed by atoms with E-state index in [0.717, 1.165) is 6.54 Å². The summed E-state index contributed by atoms with van der Waals surface area (Å²) in [5.74, 6) is 0.704. The molecule has 3 rings (SSSR count). The molecule has 1 aromatic heterocycles. The largest absolute Gasteiger partial charge is 0.326 e. The molecule has 1 aliphatic heterocycles. The van der Waals surface area contributed by atoms with Gasteiger partial charge in [-0.1, -0.05) is 30.3 Å². The van der Waals surface area contributed by atoms with Crippen molar-refractivity contribution in [2.24, 2.45) is 5.73 Å². The zero-order chi connectivity index (χ0) is 13.1. The van der Waals surface area contributed by atoms with Crippen molar-refractivity contribution in [1.29, 1.82) is 0 Å². The molecule has 0 bridgehead atoms. The summed E-state index contributed by atoms with van der Waals surface area (Å²) in [4.78, 5) is 5.28. The molecule has 0 spiro atoms. The van der Waals surface area contributed by atoms with Gasteiger partial charge in [0.05, 0.1) is 0 Å². The van der Waals surface area contributed by atoms with Crippen molar-refractivity contribution in [3.8, 4) is 0 Å². The van der Waals surface area contributed by atoms with E-state index in [1.165, 1.54) is 34.8 Å². The summed E-state index contributed by atoms with van der Waals surface area (Å²) >= 11 is 1.85. The second-order valence-electron chi connectivity index (χ2n) is 5.20.